The molecule has 1 aromatic carbocycles. The van der Waals surface area contributed by atoms with Gasteiger partial charge in [-0.15, -0.1) is 24.8 Å². The van der Waals surface area contributed by atoms with Gasteiger partial charge >= 0.3 is 0 Å². The molecule has 1 unspecified atom stereocenters. The monoisotopic (exact) mass is 372 g/mol. The largest absolute Gasteiger partial charge is 0.340 e. The number of rotatable bonds is 4. The molecule has 1 aliphatic rings. The number of imidazole rings is 1. The number of carbonyl (C=O) groups is 1. The predicted octanol–water partition coefficient (Wildman–Crippen LogP) is 2.98. The van der Waals surface area contributed by atoms with Crippen molar-refractivity contribution in [3.05, 3.63) is 29.1 Å². The summed E-state index contributed by atoms with van der Waals surface area (Å²) >= 11 is 0. The second kappa shape index (κ2) is 8.70. The lowest BCUT2D eigenvalue weighted by Crippen LogP contribution is -2.29. The van der Waals surface area contributed by atoms with Crippen molar-refractivity contribution >= 4 is 41.8 Å². The number of nitrogens with one attached hydrogen (secondary N) is 2. The molecule has 7 heteroatoms. The molecule has 1 aliphatic heterocycles. The van der Waals surface area contributed by atoms with Crippen molar-refractivity contribution in [3.63, 3.8) is 0 Å². The Bertz CT molecular complexity index is 656. The van der Waals surface area contributed by atoms with E-state index in [9.17, 15) is 4.79 Å². The SMILES string of the molecule is Cc1cc2nc(CN(C)C(=O)CC3CCNC3)[nH]c2cc1C.Cl.Cl. The van der Waals surface area contributed by atoms with Crippen LogP contribution < -0.4 is 5.32 Å². The van der Waals surface area contributed by atoms with Gasteiger partial charge in [-0.1, -0.05) is 0 Å². The Kier molecular flexibility index (Phi) is 7.52. The van der Waals surface area contributed by atoms with E-state index < -0.39 is 0 Å². The summed E-state index contributed by atoms with van der Waals surface area (Å²) in [5, 5.41) is 3.31. The van der Waals surface area contributed by atoms with E-state index in [1.165, 1.54) is 11.1 Å². The molecule has 1 amide bonds. The molecular weight excluding hydrogens is 347 g/mol. The van der Waals surface area contributed by atoms with Crippen molar-refractivity contribution in [2.75, 3.05) is 20.1 Å². The zero-order valence-corrected chi connectivity index (χ0v) is 16.0. The van der Waals surface area contributed by atoms with Gasteiger partial charge in [0.25, 0.3) is 0 Å². The summed E-state index contributed by atoms with van der Waals surface area (Å²) in [6.07, 6.45) is 1.73. The Morgan fingerprint density at radius 3 is 2.67 bits per heavy atom. The number of carbonyl (C=O) groups excluding carboxylic acids is 1. The maximum absolute atomic E-state index is 12.3. The van der Waals surface area contributed by atoms with Gasteiger partial charge in [0.15, 0.2) is 0 Å². The quantitative estimate of drug-likeness (QED) is 0.866. The molecule has 0 bridgehead atoms. The number of hydrogen-bond acceptors (Lipinski definition) is 3. The topological polar surface area (TPSA) is 61.0 Å². The van der Waals surface area contributed by atoms with Crippen LogP contribution in [0.1, 0.15) is 29.8 Å². The molecule has 0 saturated carbocycles. The maximum atomic E-state index is 12.3. The van der Waals surface area contributed by atoms with E-state index in [4.69, 9.17) is 0 Å². The van der Waals surface area contributed by atoms with Gasteiger partial charge in [0, 0.05) is 13.5 Å². The average Bonchev–Trinajstić information content (AvgIpc) is 3.09. The normalized spacial score (nSPS) is 16.5. The molecule has 5 nitrogen and oxygen atoms in total. The van der Waals surface area contributed by atoms with Gasteiger partial charge in [-0.05, 0) is 62.5 Å². The summed E-state index contributed by atoms with van der Waals surface area (Å²) in [5.41, 5.74) is 4.50. The fourth-order valence-electron chi connectivity index (χ4n) is 3.00. The third-order valence-corrected chi connectivity index (χ3v) is 4.58. The van der Waals surface area contributed by atoms with Crippen molar-refractivity contribution in [2.45, 2.75) is 33.2 Å². The molecule has 24 heavy (non-hydrogen) atoms. The Morgan fingerprint density at radius 1 is 1.29 bits per heavy atom. The van der Waals surface area contributed by atoms with Crippen molar-refractivity contribution in [3.8, 4) is 0 Å². The first-order chi connectivity index (χ1) is 10.5. The molecule has 2 aromatic rings. The third kappa shape index (κ3) is 4.62. The van der Waals surface area contributed by atoms with Gasteiger partial charge in [0.1, 0.15) is 5.82 Å². The minimum absolute atomic E-state index is 0. The van der Waals surface area contributed by atoms with Crippen LogP contribution in [0.4, 0.5) is 0 Å². The molecule has 3 rings (SSSR count). The van der Waals surface area contributed by atoms with Crippen LogP contribution in [0.2, 0.25) is 0 Å². The van der Waals surface area contributed by atoms with E-state index in [0.717, 1.165) is 36.4 Å². The predicted molar refractivity (Wildman–Crippen MR) is 102 cm³/mol. The summed E-state index contributed by atoms with van der Waals surface area (Å²) in [5.74, 6) is 1.53. The number of nitrogens with zero attached hydrogens (tertiary/aromatic N) is 2. The molecule has 1 saturated heterocycles. The van der Waals surface area contributed by atoms with Crippen molar-refractivity contribution in [2.24, 2.45) is 5.92 Å². The number of hydrogen-bond donors (Lipinski definition) is 2. The van der Waals surface area contributed by atoms with Crippen LogP contribution in [-0.4, -0.2) is 40.9 Å². The zero-order chi connectivity index (χ0) is 15.7. The van der Waals surface area contributed by atoms with Crippen molar-refractivity contribution in [1.82, 2.24) is 20.2 Å². The summed E-state index contributed by atoms with van der Waals surface area (Å²) in [7, 11) is 1.86. The highest BCUT2D eigenvalue weighted by Crippen LogP contribution is 2.18. The van der Waals surface area contributed by atoms with Gasteiger partial charge in [-0.2, -0.15) is 0 Å². The Hall–Kier alpha value is -1.30. The van der Waals surface area contributed by atoms with Crippen LogP contribution in [0.3, 0.4) is 0 Å². The van der Waals surface area contributed by atoms with Crippen LogP contribution in [0.15, 0.2) is 12.1 Å². The molecule has 2 heterocycles. The minimum Gasteiger partial charge on any atom is -0.340 e. The minimum atomic E-state index is 0. The summed E-state index contributed by atoms with van der Waals surface area (Å²) in [4.78, 5) is 22.0. The molecule has 2 N–H and O–H groups in total. The molecule has 1 atom stereocenters. The van der Waals surface area contributed by atoms with E-state index in [2.05, 4.69) is 41.3 Å². The molecule has 1 fully saturated rings. The van der Waals surface area contributed by atoms with Gasteiger partial charge in [0.2, 0.25) is 5.91 Å². The zero-order valence-electron chi connectivity index (χ0n) is 14.4. The number of halogens is 2. The smallest absolute Gasteiger partial charge is 0.223 e. The van der Waals surface area contributed by atoms with Gasteiger partial charge in [-0.3, -0.25) is 4.79 Å². The molecular formula is C17H26Cl2N4O. The number of benzene rings is 1. The van der Waals surface area contributed by atoms with Gasteiger partial charge < -0.3 is 15.2 Å². The van der Waals surface area contributed by atoms with Crippen LogP contribution in [0, 0.1) is 19.8 Å². The van der Waals surface area contributed by atoms with E-state index >= 15 is 0 Å². The highest BCUT2D eigenvalue weighted by Gasteiger charge is 2.20. The van der Waals surface area contributed by atoms with E-state index in [-0.39, 0.29) is 30.7 Å². The lowest BCUT2D eigenvalue weighted by molar-refractivity contribution is -0.131. The summed E-state index contributed by atoms with van der Waals surface area (Å²) in [6.45, 7) is 6.72. The fraction of sp³-hybridized carbons (Fsp3) is 0.529. The van der Waals surface area contributed by atoms with Crippen molar-refractivity contribution < 1.29 is 4.79 Å². The first kappa shape index (κ1) is 20.7. The number of fused-ring (bicyclic) bond motifs is 1. The Morgan fingerprint density at radius 2 is 2.00 bits per heavy atom. The van der Waals surface area contributed by atoms with Gasteiger partial charge in [-0.25, -0.2) is 4.98 Å². The first-order valence-corrected chi connectivity index (χ1v) is 7.93. The number of aromatic nitrogens is 2. The molecule has 0 spiro atoms. The third-order valence-electron chi connectivity index (χ3n) is 4.58. The average molecular weight is 373 g/mol. The maximum Gasteiger partial charge on any atom is 0.223 e. The number of H-pyrrole nitrogens is 1. The van der Waals surface area contributed by atoms with E-state index in [0.29, 0.717) is 18.9 Å². The molecule has 0 radical (unpaired) electrons. The summed E-state index contributed by atoms with van der Waals surface area (Å²) in [6, 6.07) is 4.21. The summed E-state index contributed by atoms with van der Waals surface area (Å²) < 4.78 is 0. The first-order valence-electron chi connectivity index (χ1n) is 7.93. The second-order valence-electron chi connectivity index (χ2n) is 6.45. The number of aryl methyl sites for hydroxylation is 2. The number of amides is 1. The van der Waals surface area contributed by atoms with Crippen molar-refractivity contribution in [1.29, 1.82) is 0 Å². The van der Waals surface area contributed by atoms with Crippen LogP contribution in [0.25, 0.3) is 11.0 Å². The molecule has 0 aliphatic carbocycles. The van der Waals surface area contributed by atoms with Gasteiger partial charge in [0.05, 0.1) is 17.6 Å². The van der Waals surface area contributed by atoms with Crippen LogP contribution >= 0.6 is 24.8 Å². The highest BCUT2D eigenvalue weighted by atomic mass is 35.5. The standard InChI is InChI=1S/C17H24N4O.2ClH/c1-11-6-14-15(7-12(11)2)20-16(19-14)10-21(3)17(22)8-13-4-5-18-9-13;;/h6-7,13,18H,4-5,8-10H2,1-3H3,(H,19,20);2*1H. The number of aromatic amines is 1. The Labute approximate surface area is 155 Å². The lowest BCUT2D eigenvalue weighted by Gasteiger charge is -2.17. The van der Waals surface area contributed by atoms with E-state index in [1.54, 1.807) is 4.90 Å². The molecule has 1 aromatic heterocycles. The van der Waals surface area contributed by atoms with Crippen LogP contribution in [0.5, 0.6) is 0 Å². The second-order valence-corrected chi connectivity index (χ2v) is 6.45. The highest BCUT2D eigenvalue weighted by molar-refractivity contribution is 5.85. The molecule has 134 valence electrons. The lowest BCUT2D eigenvalue weighted by atomic mass is 10.0. The van der Waals surface area contributed by atoms with Crippen LogP contribution in [-0.2, 0) is 11.3 Å². The Balaban J connectivity index is 0.00000144. The van der Waals surface area contributed by atoms with E-state index in [1.807, 2.05) is 7.05 Å². The fourth-order valence-corrected chi connectivity index (χ4v) is 3.00.